The Balaban J connectivity index is 2.10. The molecule has 1 fully saturated rings. The average Bonchev–Trinajstić information content (AvgIpc) is 2.82. The molecule has 0 aliphatic heterocycles. The van der Waals surface area contributed by atoms with Gasteiger partial charge in [-0.05, 0) is 25.2 Å². The van der Waals surface area contributed by atoms with Gasteiger partial charge in [0, 0.05) is 12.0 Å². The summed E-state index contributed by atoms with van der Waals surface area (Å²) in [6, 6.07) is 0. The maximum absolute atomic E-state index is 5.76. The maximum Gasteiger partial charge on any atom is 0.231 e. The number of nitrogens with two attached hydrogens (primary N) is 1. The smallest absolute Gasteiger partial charge is 0.231 e. The highest BCUT2D eigenvalue weighted by Crippen LogP contribution is 2.46. The minimum atomic E-state index is 0.179. The van der Waals surface area contributed by atoms with Crippen molar-refractivity contribution >= 4 is 0 Å². The van der Waals surface area contributed by atoms with E-state index >= 15 is 0 Å². The summed E-state index contributed by atoms with van der Waals surface area (Å²) in [4.78, 5) is 4.51. The summed E-state index contributed by atoms with van der Waals surface area (Å²) in [7, 11) is 0. The van der Waals surface area contributed by atoms with Crippen molar-refractivity contribution in [2.24, 2.45) is 11.7 Å². The maximum atomic E-state index is 5.76. The van der Waals surface area contributed by atoms with Gasteiger partial charge in [0.15, 0.2) is 5.82 Å². The van der Waals surface area contributed by atoms with E-state index in [0.29, 0.717) is 12.5 Å². The molecule has 1 aromatic heterocycles. The van der Waals surface area contributed by atoms with Crippen LogP contribution in [0.1, 0.15) is 57.7 Å². The molecule has 2 rings (SSSR count). The molecule has 0 radical (unpaired) electrons. The van der Waals surface area contributed by atoms with Gasteiger partial charge in [0.05, 0.1) is 5.92 Å². The molecule has 16 heavy (non-hydrogen) atoms. The van der Waals surface area contributed by atoms with Crippen LogP contribution in [0.25, 0.3) is 0 Å². The molecule has 0 saturated heterocycles. The monoisotopic (exact) mass is 223 g/mol. The van der Waals surface area contributed by atoms with Crippen LogP contribution in [-0.2, 0) is 5.41 Å². The second kappa shape index (κ2) is 4.17. The first kappa shape index (κ1) is 11.6. The zero-order chi connectivity index (χ0) is 11.8. The number of hydrogen-bond acceptors (Lipinski definition) is 4. The fourth-order valence-corrected chi connectivity index (χ4v) is 1.92. The molecular formula is C12H21N3O. The lowest BCUT2D eigenvalue weighted by molar-refractivity contribution is 0.330. The van der Waals surface area contributed by atoms with Gasteiger partial charge in [-0.1, -0.05) is 25.9 Å². The van der Waals surface area contributed by atoms with Crippen molar-refractivity contribution in [3.8, 4) is 0 Å². The van der Waals surface area contributed by atoms with Gasteiger partial charge in [-0.2, -0.15) is 4.98 Å². The third-order valence-corrected chi connectivity index (χ3v) is 3.37. The van der Waals surface area contributed by atoms with Gasteiger partial charge in [-0.3, -0.25) is 0 Å². The van der Waals surface area contributed by atoms with Crippen LogP contribution in [-0.4, -0.2) is 16.7 Å². The fraction of sp³-hybridized carbons (Fsp3) is 0.833. The largest absolute Gasteiger partial charge is 0.339 e. The van der Waals surface area contributed by atoms with E-state index in [1.807, 2.05) is 0 Å². The molecule has 1 heterocycles. The SMILES string of the molecule is CC(C)CC(CN)c1nc(C2(C)CC2)no1. The Morgan fingerprint density at radius 2 is 2.12 bits per heavy atom. The first-order valence-corrected chi connectivity index (χ1v) is 6.09. The molecule has 1 saturated carbocycles. The number of rotatable bonds is 5. The van der Waals surface area contributed by atoms with E-state index in [1.54, 1.807) is 0 Å². The Kier molecular flexibility index (Phi) is 3.02. The van der Waals surface area contributed by atoms with Crippen LogP contribution in [0.5, 0.6) is 0 Å². The molecule has 0 amide bonds. The molecule has 1 atom stereocenters. The normalized spacial score (nSPS) is 20.1. The summed E-state index contributed by atoms with van der Waals surface area (Å²) >= 11 is 0. The number of nitrogens with zero attached hydrogens (tertiary/aromatic N) is 2. The minimum absolute atomic E-state index is 0.179. The van der Waals surface area contributed by atoms with Gasteiger partial charge in [0.25, 0.3) is 0 Å². The molecule has 90 valence electrons. The molecule has 1 unspecified atom stereocenters. The second-order valence-electron chi connectivity index (χ2n) is 5.58. The third kappa shape index (κ3) is 2.26. The van der Waals surface area contributed by atoms with Crippen LogP contribution < -0.4 is 5.73 Å². The highest BCUT2D eigenvalue weighted by Gasteiger charge is 2.43. The van der Waals surface area contributed by atoms with Crippen LogP contribution in [0.3, 0.4) is 0 Å². The van der Waals surface area contributed by atoms with Gasteiger partial charge in [-0.25, -0.2) is 0 Å². The summed E-state index contributed by atoms with van der Waals surface area (Å²) in [5.41, 5.74) is 5.94. The van der Waals surface area contributed by atoms with Crippen molar-refractivity contribution in [3.63, 3.8) is 0 Å². The summed E-state index contributed by atoms with van der Waals surface area (Å²) in [6.45, 7) is 7.13. The first-order valence-electron chi connectivity index (χ1n) is 6.09. The van der Waals surface area contributed by atoms with Crippen molar-refractivity contribution in [3.05, 3.63) is 11.7 Å². The quantitative estimate of drug-likeness (QED) is 0.831. The number of hydrogen-bond donors (Lipinski definition) is 1. The van der Waals surface area contributed by atoms with Crippen molar-refractivity contribution in [1.82, 2.24) is 10.1 Å². The van der Waals surface area contributed by atoms with E-state index in [0.717, 1.165) is 18.1 Å². The first-order chi connectivity index (χ1) is 7.55. The standard InChI is InChI=1S/C12H21N3O/c1-8(2)6-9(7-13)10-14-11(15-16-10)12(3)4-5-12/h8-9H,4-7,13H2,1-3H3. The Bertz CT molecular complexity index is 355. The van der Waals surface area contributed by atoms with Crippen LogP contribution in [0.4, 0.5) is 0 Å². The molecule has 1 aromatic rings. The summed E-state index contributed by atoms with van der Waals surface area (Å²) in [5.74, 6) is 2.40. The van der Waals surface area contributed by atoms with E-state index in [4.69, 9.17) is 10.3 Å². The average molecular weight is 223 g/mol. The summed E-state index contributed by atoms with van der Waals surface area (Å²) in [5, 5.41) is 4.08. The van der Waals surface area contributed by atoms with Gasteiger partial charge in [0.2, 0.25) is 5.89 Å². The zero-order valence-electron chi connectivity index (χ0n) is 10.4. The van der Waals surface area contributed by atoms with E-state index in [9.17, 15) is 0 Å². The molecular weight excluding hydrogens is 202 g/mol. The van der Waals surface area contributed by atoms with Gasteiger partial charge in [-0.15, -0.1) is 0 Å². The van der Waals surface area contributed by atoms with Gasteiger partial charge in [0.1, 0.15) is 0 Å². The minimum Gasteiger partial charge on any atom is -0.339 e. The van der Waals surface area contributed by atoms with E-state index in [2.05, 4.69) is 30.9 Å². The van der Waals surface area contributed by atoms with Crippen molar-refractivity contribution in [2.45, 2.75) is 51.4 Å². The summed E-state index contributed by atoms with van der Waals surface area (Å²) < 4.78 is 5.34. The molecule has 0 bridgehead atoms. The van der Waals surface area contributed by atoms with Crippen LogP contribution in [0.15, 0.2) is 4.52 Å². The predicted molar refractivity (Wildman–Crippen MR) is 62.1 cm³/mol. The predicted octanol–water partition coefficient (Wildman–Crippen LogP) is 2.21. The van der Waals surface area contributed by atoms with Crippen LogP contribution in [0.2, 0.25) is 0 Å². The van der Waals surface area contributed by atoms with Gasteiger partial charge < -0.3 is 10.3 Å². The van der Waals surface area contributed by atoms with Crippen molar-refractivity contribution < 1.29 is 4.52 Å². The lowest BCUT2D eigenvalue weighted by Gasteiger charge is -2.12. The van der Waals surface area contributed by atoms with Gasteiger partial charge >= 0.3 is 0 Å². The highest BCUT2D eigenvalue weighted by molar-refractivity contribution is 5.15. The molecule has 0 spiro atoms. The Morgan fingerprint density at radius 3 is 2.62 bits per heavy atom. The lowest BCUT2D eigenvalue weighted by atomic mass is 9.97. The Hall–Kier alpha value is -0.900. The lowest BCUT2D eigenvalue weighted by Crippen LogP contribution is -2.15. The number of aromatic nitrogens is 2. The summed E-state index contributed by atoms with van der Waals surface area (Å²) in [6.07, 6.45) is 3.35. The third-order valence-electron chi connectivity index (χ3n) is 3.37. The molecule has 4 heteroatoms. The zero-order valence-corrected chi connectivity index (χ0v) is 10.4. The van der Waals surface area contributed by atoms with E-state index in [-0.39, 0.29) is 11.3 Å². The Labute approximate surface area is 96.6 Å². The molecule has 0 aromatic carbocycles. The van der Waals surface area contributed by atoms with E-state index in [1.165, 1.54) is 12.8 Å². The second-order valence-corrected chi connectivity index (χ2v) is 5.58. The fourth-order valence-electron chi connectivity index (χ4n) is 1.92. The molecule has 1 aliphatic carbocycles. The molecule has 2 N–H and O–H groups in total. The van der Waals surface area contributed by atoms with E-state index < -0.39 is 0 Å². The molecule has 1 aliphatic rings. The topological polar surface area (TPSA) is 64.9 Å². The molecule has 4 nitrogen and oxygen atoms in total. The Morgan fingerprint density at radius 1 is 1.44 bits per heavy atom. The highest BCUT2D eigenvalue weighted by atomic mass is 16.5. The van der Waals surface area contributed by atoms with Crippen molar-refractivity contribution in [1.29, 1.82) is 0 Å². The van der Waals surface area contributed by atoms with Crippen molar-refractivity contribution in [2.75, 3.05) is 6.54 Å². The van der Waals surface area contributed by atoms with Crippen LogP contribution >= 0.6 is 0 Å². The van der Waals surface area contributed by atoms with Crippen LogP contribution in [0, 0.1) is 5.92 Å².